The first-order valence-electron chi connectivity index (χ1n) is 2.82. The second kappa shape index (κ2) is 2.49. The van der Waals surface area contributed by atoms with E-state index in [-0.39, 0.29) is 5.41 Å². The van der Waals surface area contributed by atoms with Crippen LogP contribution in [0.2, 0.25) is 0 Å². The number of rotatable bonds is 0. The first kappa shape index (κ1) is 7.39. The van der Waals surface area contributed by atoms with Crippen molar-refractivity contribution in [2.75, 3.05) is 13.2 Å². The minimum Gasteiger partial charge on any atom is -0.308 e. The van der Waals surface area contributed by atoms with Crippen LogP contribution >= 0.6 is 8.69 Å². The summed E-state index contributed by atoms with van der Waals surface area (Å²) in [6.45, 7) is 4.90. The second-order valence-corrected chi connectivity index (χ2v) is 3.87. The lowest BCUT2D eigenvalue weighted by Gasteiger charge is -2.29. The van der Waals surface area contributed by atoms with E-state index in [1.165, 1.54) is 0 Å². The highest BCUT2D eigenvalue weighted by atomic mass is 31.2. The summed E-state index contributed by atoms with van der Waals surface area (Å²) in [6.07, 6.45) is 0. The van der Waals surface area contributed by atoms with E-state index >= 15 is 0 Å². The third-order valence-corrected chi connectivity index (χ3v) is 1.78. The fourth-order valence-corrected chi connectivity index (χ4v) is 1.51. The van der Waals surface area contributed by atoms with Gasteiger partial charge in [0.05, 0.1) is 13.2 Å². The van der Waals surface area contributed by atoms with Crippen LogP contribution < -0.4 is 0 Å². The Morgan fingerprint density at radius 1 is 1.33 bits per heavy atom. The van der Waals surface area contributed by atoms with Gasteiger partial charge < -0.3 is 9.05 Å². The largest absolute Gasteiger partial charge is 0.374 e. The van der Waals surface area contributed by atoms with Crippen molar-refractivity contribution in [1.29, 1.82) is 0 Å². The zero-order chi connectivity index (χ0) is 6.91. The average molecular weight is 152 g/mol. The molecule has 1 rings (SSSR count). The van der Waals surface area contributed by atoms with Crippen molar-refractivity contribution in [3.63, 3.8) is 0 Å². The summed E-state index contributed by atoms with van der Waals surface area (Å²) in [4.78, 5) is 0. The van der Waals surface area contributed by atoms with E-state index in [1.54, 1.807) is 0 Å². The number of hydrogen-bond acceptors (Lipinski definition) is 2. The Hall–Kier alpha value is 0.280. The molecule has 1 saturated heterocycles. The predicted molar refractivity (Wildman–Crippen MR) is 33.7 cm³/mol. The summed E-state index contributed by atoms with van der Waals surface area (Å²) in [5.41, 5.74) is -0.00900. The standard InChI is InChI=1S/C5H10FO2P/c1-5(2)3-7-9(6)8-4-5/h3-4H2,1-2H3. The second-order valence-electron chi connectivity index (χ2n) is 2.92. The molecule has 0 N–H and O–H groups in total. The van der Waals surface area contributed by atoms with Gasteiger partial charge in [0.2, 0.25) is 0 Å². The van der Waals surface area contributed by atoms with E-state index < -0.39 is 8.69 Å². The van der Waals surface area contributed by atoms with Crippen LogP contribution in [0.4, 0.5) is 4.20 Å². The van der Waals surface area contributed by atoms with Gasteiger partial charge in [-0.1, -0.05) is 13.8 Å². The molecule has 0 spiro atoms. The van der Waals surface area contributed by atoms with E-state index in [4.69, 9.17) is 0 Å². The lowest BCUT2D eigenvalue weighted by molar-refractivity contribution is 0.0495. The summed E-state index contributed by atoms with van der Waals surface area (Å²) in [6, 6.07) is 0. The van der Waals surface area contributed by atoms with E-state index in [9.17, 15) is 4.20 Å². The Balaban J connectivity index is 2.35. The molecule has 1 heterocycles. The van der Waals surface area contributed by atoms with Crippen LogP contribution in [0.25, 0.3) is 0 Å². The van der Waals surface area contributed by atoms with Crippen molar-refractivity contribution in [1.82, 2.24) is 0 Å². The molecular formula is C5H10FO2P. The van der Waals surface area contributed by atoms with Crippen LogP contribution in [0.1, 0.15) is 13.8 Å². The minimum atomic E-state index is -2.05. The SMILES string of the molecule is CC1(C)COP(F)OC1. The van der Waals surface area contributed by atoms with Crippen LogP contribution in [0.3, 0.4) is 0 Å². The quantitative estimate of drug-likeness (QED) is 0.495. The number of halogens is 1. The molecule has 9 heavy (non-hydrogen) atoms. The maximum atomic E-state index is 12.1. The molecule has 0 unspecified atom stereocenters. The van der Waals surface area contributed by atoms with Crippen molar-refractivity contribution < 1.29 is 13.2 Å². The molecule has 0 radical (unpaired) electrons. The Bertz CT molecular complexity index is 97.1. The molecule has 1 aliphatic heterocycles. The lowest BCUT2D eigenvalue weighted by atomic mass is 9.97. The van der Waals surface area contributed by atoms with Crippen LogP contribution in [0.5, 0.6) is 0 Å². The highest BCUT2D eigenvalue weighted by Gasteiger charge is 2.28. The molecule has 0 atom stereocenters. The molecule has 0 aromatic carbocycles. The summed E-state index contributed by atoms with van der Waals surface area (Å²) in [5.74, 6) is 0. The topological polar surface area (TPSA) is 18.5 Å². The number of hydrogen-bond donors (Lipinski definition) is 0. The minimum absolute atomic E-state index is 0.00900. The van der Waals surface area contributed by atoms with Gasteiger partial charge >= 0.3 is 8.69 Å². The summed E-state index contributed by atoms with van der Waals surface area (Å²) >= 11 is 0. The zero-order valence-corrected chi connectivity index (χ0v) is 6.45. The first-order chi connectivity index (χ1) is 4.10. The van der Waals surface area contributed by atoms with E-state index in [0.717, 1.165) is 0 Å². The van der Waals surface area contributed by atoms with E-state index in [1.807, 2.05) is 13.8 Å². The van der Waals surface area contributed by atoms with Gasteiger partial charge in [0, 0.05) is 5.41 Å². The Morgan fingerprint density at radius 3 is 2.11 bits per heavy atom. The van der Waals surface area contributed by atoms with Gasteiger partial charge in [0.25, 0.3) is 0 Å². The monoisotopic (exact) mass is 152 g/mol. The highest BCUT2D eigenvalue weighted by molar-refractivity contribution is 7.41. The van der Waals surface area contributed by atoms with Crippen molar-refractivity contribution >= 4 is 8.69 Å². The van der Waals surface area contributed by atoms with Crippen molar-refractivity contribution in [2.45, 2.75) is 13.8 Å². The van der Waals surface area contributed by atoms with E-state index in [0.29, 0.717) is 13.2 Å². The Morgan fingerprint density at radius 2 is 1.78 bits per heavy atom. The molecule has 0 aromatic heterocycles. The third kappa shape index (κ3) is 2.17. The maximum absolute atomic E-state index is 12.1. The summed E-state index contributed by atoms with van der Waals surface area (Å²) in [7, 11) is -2.05. The molecule has 1 fully saturated rings. The van der Waals surface area contributed by atoms with Crippen LogP contribution in [0.15, 0.2) is 0 Å². The predicted octanol–water partition coefficient (Wildman–Crippen LogP) is 2.26. The average Bonchev–Trinajstić information content (AvgIpc) is 1.78. The molecule has 54 valence electrons. The molecule has 0 saturated carbocycles. The molecule has 0 aliphatic carbocycles. The van der Waals surface area contributed by atoms with Crippen molar-refractivity contribution in [3.05, 3.63) is 0 Å². The van der Waals surface area contributed by atoms with Crippen LogP contribution in [0, 0.1) is 5.41 Å². The van der Waals surface area contributed by atoms with Gasteiger partial charge in [0.15, 0.2) is 0 Å². The fourth-order valence-electron chi connectivity index (χ4n) is 0.530. The van der Waals surface area contributed by atoms with Gasteiger partial charge in [0.1, 0.15) is 0 Å². The van der Waals surface area contributed by atoms with Gasteiger partial charge in [-0.05, 0) is 0 Å². The molecular weight excluding hydrogens is 142 g/mol. The van der Waals surface area contributed by atoms with Gasteiger partial charge in [-0.2, -0.15) is 4.20 Å². The van der Waals surface area contributed by atoms with Crippen molar-refractivity contribution in [3.8, 4) is 0 Å². The molecule has 1 aliphatic rings. The fraction of sp³-hybridized carbons (Fsp3) is 1.00. The Kier molecular flexibility index (Phi) is 2.04. The first-order valence-corrected chi connectivity index (χ1v) is 3.89. The van der Waals surface area contributed by atoms with Gasteiger partial charge in [-0.25, -0.2) is 0 Å². The van der Waals surface area contributed by atoms with Gasteiger partial charge in [-0.15, -0.1) is 0 Å². The molecule has 2 nitrogen and oxygen atoms in total. The molecule has 0 bridgehead atoms. The normalized spacial score (nSPS) is 28.3. The summed E-state index contributed by atoms with van der Waals surface area (Å²) < 4.78 is 21.5. The lowest BCUT2D eigenvalue weighted by Crippen LogP contribution is -2.27. The molecule has 0 aromatic rings. The molecule has 0 amide bonds. The van der Waals surface area contributed by atoms with Crippen LogP contribution in [-0.2, 0) is 9.05 Å². The third-order valence-electron chi connectivity index (χ3n) is 1.11. The summed E-state index contributed by atoms with van der Waals surface area (Å²) in [5, 5.41) is 0. The van der Waals surface area contributed by atoms with Gasteiger partial charge in [-0.3, -0.25) is 0 Å². The maximum Gasteiger partial charge on any atom is 0.374 e. The highest BCUT2D eigenvalue weighted by Crippen LogP contribution is 2.46. The van der Waals surface area contributed by atoms with Crippen LogP contribution in [-0.4, -0.2) is 13.2 Å². The van der Waals surface area contributed by atoms with E-state index in [2.05, 4.69) is 9.05 Å². The Labute approximate surface area is 55.4 Å². The smallest absolute Gasteiger partial charge is 0.308 e. The molecule has 4 heteroatoms. The zero-order valence-electron chi connectivity index (χ0n) is 5.56. The van der Waals surface area contributed by atoms with Crippen molar-refractivity contribution in [2.24, 2.45) is 5.41 Å².